The van der Waals surface area contributed by atoms with Crippen molar-refractivity contribution in [3.05, 3.63) is 29.8 Å². The maximum Gasteiger partial charge on any atom is 0.416 e. The number of carbonyl (C=O) groups excluding carboxylic acids is 1. The van der Waals surface area contributed by atoms with Gasteiger partial charge < -0.3 is 9.80 Å². The minimum absolute atomic E-state index is 0.0262. The Morgan fingerprint density at radius 1 is 1.24 bits per heavy atom. The maximum atomic E-state index is 12.8. The molecule has 0 spiro atoms. The lowest BCUT2D eigenvalue weighted by Crippen LogP contribution is -2.37. The molecule has 116 valence electrons. The Hall–Kier alpha value is -1.56. The number of nitrogens with zero attached hydrogens (tertiary/aromatic N) is 2. The third kappa shape index (κ3) is 4.20. The van der Waals surface area contributed by atoms with E-state index < -0.39 is 11.7 Å². The number of likely N-dealkylation sites (N-methyl/N-ethyl adjacent to an activating group) is 1. The van der Waals surface area contributed by atoms with Crippen molar-refractivity contribution in [2.24, 2.45) is 5.92 Å². The van der Waals surface area contributed by atoms with Gasteiger partial charge in [0.1, 0.15) is 0 Å². The summed E-state index contributed by atoms with van der Waals surface area (Å²) in [7, 11) is 3.73. The highest BCUT2D eigenvalue weighted by Crippen LogP contribution is 2.35. The molecular weight excluding hydrogens is 281 g/mol. The summed E-state index contributed by atoms with van der Waals surface area (Å²) in [6.07, 6.45) is -2.74. The molecule has 0 N–H and O–H groups in total. The van der Waals surface area contributed by atoms with Crippen LogP contribution in [-0.2, 0) is 11.0 Å². The fourth-order valence-corrected chi connectivity index (χ4v) is 2.07. The van der Waals surface area contributed by atoms with Crippen LogP contribution in [0.4, 0.5) is 18.9 Å². The van der Waals surface area contributed by atoms with Crippen LogP contribution < -0.4 is 4.90 Å². The Balaban J connectivity index is 2.24. The smallest absolute Gasteiger partial charge is 0.311 e. The van der Waals surface area contributed by atoms with Crippen molar-refractivity contribution in [2.45, 2.75) is 19.0 Å². The second-order valence-electron chi connectivity index (χ2n) is 5.62. The standard InChI is InChI=1S/C15H19F3N2O/c1-19(2)8-9-20(14(21)11-6-7-11)13-5-3-4-12(10-13)15(16,17)18/h3-5,10-11H,6-9H2,1-2H3. The third-order valence-electron chi connectivity index (χ3n) is 3.45. The molecule has 0 bridgehead atoms. The zero-order valence-corrected chi connectivity index (χ0v) is 12.2. The summed E-state index contributed by atoms with van der Waals surface area (Å²) in [5.41, 5.74) is -0.401. The van der Waals surface area contributed by atoms with E-state index in [1.165, 1.54) is 11.0 Å². The van der Waals surface area contributed by atoms with Crippen LogP contribution in [0.2, 0.25) is 0 Å². The first-order valence-electron chi connectivity index (χ1n) is 6.92. The Morgan fingerprint density at radius 3 is 2.43 bits per heavy atom. The van der Waals surface area contributed by atoms with Gasteiger partial charge in [0.25, 0.3) is 0 Å². The number of anilines is 1. The molecule has 6 heteroatoms. The van der Waals surface area contributed by atoms with Gasteiger partial charge in [-0.2, -0.15) is 13.2 Å². The average Bonchev–Trinajstić information content (AvgIpc) is 3.22. The zero-order chi connectivity index (χ0) is 15.6. The number of alkyl halides is 3. The molecule has 1 fully saturated rings. The molecule has 1 aliphatic carbocycles. The van der Waals surface area contributed by atoms with E-state index in [0.29, 0.717) is 18.8 Å². The molecule has 21 heavy (non-hydrogen) atoms. The molecular formula is C15H19F3N2O. The van der Waals surface area contributed by atoms with E-state index >= 15 is 0 Å². The van der Waals surface area contributed by atoms with Gasteiger partial charge in [-0.3, -0.25) is 4.79 Å². The molecule has 1 amide bonds. The lowest BCUT2D eigenvalue weighted by atomic mass is 10.1. The summed E-state index contributed by atoms with van der Waals surface area (Å²) >= 11 is 0. The Kier molecular flexibility index (Phi) is 4.56. The van der Waals surface area contributed by atoms with E-state index in [2.05, 4.69) is 0 Å². The minimum atomic E-state index is -4.40. The summed E-state index contributed by atoms with van der Waals surface area (Å²) in [6, 6.07) is 4.98. The van der Waals surface area contributed by atoms with Gasteiger partial charge >= 0.3 is 6.18 Å². The van der Waals surface area contributed by atoms with Crippen molar-refractivity contribution in [1.82, 2.24) is 4.90 Å². The molecule has 0 unspecified atom stereocenters. The van der Waals surface area contributed by atoms with Crippen LogP contribution in [-0.4, -0.2) is 38.0 Å². The Morgan fingerprint density at radius 2 is 1.90 bits per heavy atom. The average molecular weight is 300 g/mol. The summed E-state index contributed by atoms with van der Waals surface area (Å²) in [6.45, 7) is 0.998. The van der Waals surface area contributed by atoms with Crippen molar-refractivity contribution in [1.29, 1.82) is 0 Å². The van der Waals surface area contributed by atoms with Crippen molar-refractivity contribution < 1.29 is 18.0 Å². The number of rotatable bonds is 5. The van der Waals surface area contributed by atoms with E-state index in [0.717, 1.165) is 25.0 Å². The van der Waals surface area contributed by atoms with Gasteiger partial charge in [-0.05, 0) is 45.1 Å². The van der Waals surface area contributed by atoms with E-state index in [9.17, 15) is 18.0 Å². The second-order valence-corrected chi connectivity index (χ2v) is 5.62. The highest BCUT2D eigenvalue weighted by molar-refractivity contribution is 5.96. The number of hydrogen-bond acceptors (Lipinski definition) is 2. The zero-order valence-electron chi connectivity index (χ0n) is 12.2. The van der Waals surface area contributed by atoms with Crippen LogP contribution in [0.15, 0.2) is 24.3 Å². The fourth-order valence-electron chi connectivity index (χ4n) is 2.07. The van der Waals surface area contributed by atoms with Gasteiger partial charge in [-0.25, -0.2) is 0 Å². The van der Waals surface area contributed by atoms with Crippen LogP contribution in [0.1, 0.15) is 18.4 Å². The molecule has 1 saturated carbocycles. The molecule has 0 atom stereocenters. The first-order valence-corrected chi connectivity index (χ1v) is 6.92. The van der Waals surface area contributed by atoms with Crippen molar-refractivity contribution in [2.75, 3.05) is 32.1 Å². The topological polar surface area (TPSA) is 23.6 Å². The SMILES string of the molecule is CN(C)CCN(C(=O)C1CC1)c1cccc(C(F)(F)F)c1. The van der Waals surface area contributed by atoms with Crippen molar-refractivity contribution in [3.8, 4) is 0 Å². The molecule has 1 aliphatic rings. The fraction of sp³-hybridized carbons (Fsp3) is 0.533. The summed E-state index contributed by atoms with van der Waals surface area (Å²) in [5.74, 6) is -0.0992. The van der Waals surface area contributed by atoms with Gasteiger partial charge in [0.05, 0.1) is 5.56 Å². The van der Waals surface area contributed by atoms with Crippen LogP contribution in [0.25, 0.3) is 0 Å². The summed E-state index contributed by atoms with van der Waals surface area (Å²) < 4.78 is 38.4. The van der Waals surface area contributed by atoms with Crippen LogP contribution >= 0.6 is 0 Å². The van der Waals surface area contributed by atoms with Crippen molar-refractivity contribution >= 4 is 11.6 Å². The maximum absolute atomic E-state index is 12.8. The van der Waals surface area contributed by atoms with Crippen LogP contribution in [0.5, 0.6) is 0 Å². The van der Waals surface area contributed by atoms with Crippen LogP contribution in [0.3, 0.4) is 0 Å². The number of benzene rings is 1. The molecule has 0 aromatic heterocycles. The predicted octanol–water partition coefficient (Wildman–Crippen LogP) is 3.01. The summed E-state index contributed by atoms with van der Waals surface area (Å²) in [5, 5.41) is 0. The lowest BCUT2D eigenvalue weighted by Gasteiger charge is -2.25. The third-order valence-corrected chi connectivity index (χ3v) is 3.45. The van der Waals surface area contributed by atoms with Gasteiger partial charge in [-0.15, -0.1) is 0 Å². The van der Waals surface area contributed by atoms with Crippen molar-refractivity contribution in [3.63, 3.8) is 0 Å². The Labute approximate surface area is 122 Å². The number of halogens is 3. The molecule has 0 heterocycles. The molecule has 1 aromatic rings. The monoisotopic (exact) mass is 300 g/mol. The quantitative estimate of drug-likeness (QED) is 0.834. The first-order chi connectivity index (χ1) is 9.79. The van der Waals surface area contributed by atoms with Gasteiger partial charge in [0.15, 0.2) is 0 Å². The number of amides is 1. The summed E-state index contributed by atoms with van der Waals surface area (Å²) in [4.78, 5) is 15.7. The van der Waals surface area contributed by atoms with Gasteiger partial charge in [0.2, 0.25) is 5.91 Å². The van der Waals surface area contributed by atoms with E-state index in [1.807, 2.05) is 19.0 Å². The normalized spacial score (nSPS) is 15.3. The second kappa shape index (κ2) is 6.05. The molecule has 3 nitrogen and oxygen atoms in total. The molecule has 0 radical (unpaired) electrons. The molecule has 0 aliphatic heterocycles. The van der Waals surface area contributed by atoms with Gasteiger partial charge in [-0.1, -0.05) is 6.07 Å². The molecule has 2 rings (SSSR count). The highest BCUT2D eigenvalue weighted by atomic mass is 19.4. The Bertz CT molecular complexity index is 510. The number of hydrogen-bond donors (Lipinski definition) is 0. The molecule has 1 aromatic carbocycles. The van der Waals surface area contributed by atoms with Gasteiger partial charge in [0, 0.05) is 24.7 Å². The minimum Gasteiger partial charge on any atom is -0.311 e. The van der Waals surface area contributed by atoms with E-state index in [-0.39, 0.29) is 11.8 Å². The molecule has 0 saturated heterocycles. The van der Waals surface area contributed by atoms with Crippen LogP contribution in [0, 0.1) is 5.92 Å². The highest BCUT2D eigenvalue weighted by Gasteiger charge is 2.35. The van der Waals surface area contributed by atoms with E-state index in [4.69, 9.17) is 0 Å². The number of carbonyl (C=O) groups is 1. The lowest BCUT2D eigenvalue weighted by molar-refractivity contribution is -0.137. The van der Waals surface area contributed by atoms with E-state index in [1.54, 1.807) is 6.07 Å². The predicted molar refractivity (Wildman–Crippen MR) is 75.1 cm³/mol. The largest absolute Gasteiger partial charge is 0.416 e. The first kappa shape index (κ1) is 15.8.